The maximum Gasteiger partial charge on any atom is 0.306 e. The van der Waals surface area contributed by atoms with E-state index in [0.717, 1.165) is 50.1 Å². The number of hydrogen-bond donors (Lipinski definition) is 1. The molecule has 1 saturated carbocycles. The minimum Gasteiger partial charge on any atom is -0.481 e. The molecule has 1 heterocycles. The number of carboxylic acids is 1. The molecule has 6 atom stereocenters. The molecule has 0 amide bonds. The topological polar surface area (TPSA) is 74.2 Å². The van der Waals surface area contributed by atoms with Crippen LogP contribution in [0.25, 0.3) is 0 Å². The lowest BCUT2D eigenvalue weighted by Gasteiger charge is -2.53. The lowest BCUT2D eigenvalue weighted by Crippen LogP contribution is -2.57. The molecular weight excluding hydrogens is 482 g/mol. The standard InChI is InChI=1S/C25H46B2O6S2/c1-17(2)21-10-9-18(3)15-25(21)30-13-11-20(31-25)16-24(33-35-27,23(4,5)6)12-7-8-19(32-34-26)14-22(28)29/h17-21,26-27H,7-16H2,1-6H3,(H,28,29)/t18-,19+,20+,21+,24+,25+/m1/s1/i26T,27T. The molecule has 35 heavy (non-hydrogen) atoms. The molecule has 2 fully saturated rings. The Morgan fingerprint density at radius 1 is 1.26 bits per heavy atom. The minimum absolute atomic E-state index is 0.0367. The van der Waals surface area contributed by atoms with Crippen LogP contribution in [0.5, 0.6) is 0 Å². The van der Waals surface area contributed by atoms with Gasteiger partial charge in [-0.1, -0.05) is 71.8 Å². The Morgan fingerprint density at radius 2 is 2.00 bits per heavy atom. The summed E-state index contributed by atoms with van der Waals surface area (Å²) in [6.45, 7) is 13.9. The van der Waals surface area contributed by atoms with E-state index < -0.39 is 23.5 Å². The number of rotatable bonds is 15. The molecule has 0 bridgehead atoms. The highest BCUT2D eigenvalue weighted by Gasteiger charge is 2.52. The van der Waals surface area contributed by atoms with Crippen molar-refractivity contribution in [1.29, 1.82) is 2.67 Å². The van der Waals surface area contributed by atoms with Crippen molar-refractivity contribution in [2.75, 3.05) is 6.61 Å². The number of ether oxygens (including phenoxy) is 2. The van der Waals surface area contributed by atoms with Crippen LogP contribution in [-0.4, -0.2) is 58.1 Å². The van der Waals surface area contributed by atoms with Gasteiger partial charge >= 0.3 is 5.97 Å². The molecule has 2 rings (SSSR count). The first kappa shape index (κ1) is 28.2. The molecule has 1 N–H and O–H groups in total. The van der Waals surface area contributed by atoms with E-state index in [1.165, 1.54) is 13.5 Å². The van der Waals surface area contributed by atoms with Crippen molar-refractivity contribution in [3.8, 4) is 0 Å². The molecule has 0 unspecified atom stereocenters. The summed E-state index contributed by atoms with van der Waals surface area (Å²) in [4.78, 5) is 11.3. The lowest BCUT2D eigenvalue weighted by atomic mass is 9.69. The second-order valence-electron chi connectivity index (χ2n) is 11.9. The number of aliphatic carboxylic acids is 1. The maximum absolute atomic E-state index is 11.3. The molecule has 10 heteroatoms. The van der Waals surface area contributed by atoms with Gasteiger partial charge in [-0.25, -0.2) is 0 Å². The second kappa shape index (κ2) is 13.8. The third kappa shape index (κ3) is 8.57. The maximum atomic E-state index is 11.3. The highest BCUT2D eigenvalue weighted by atomic mass is 32.2. The van der Waals surface area contributed by atoms with Gasteiger partial charge in [-0.2, -0.15) is 0 Å². The van der Waals surface area contributed by atoms with Crippen molar-refractivity contribution in [3.05, 3.63) is 0 Å². The SMILES string of the molecule is [3H][B]SO[C@@H](CCC[C@@](C[C@@H]1CCO[C@@]2(C[C@H](C)CC[C@H]2C(C)C)O1)(OS[B][3H])C(C)(C)C)CC(=O)O. The highest BCUT2D eigenvalue weighted by molar-refractivity contribution is 8.16. The van der Waals surface area contributed by atoms with Crippen LogP contribution in [-0.2, 0) is 22.6 Å². The van der Waals surface area contributed by atoms with Crippen LogP contribution in [0.15, 0.2) is 0 Å². The van der Waals surface area contributed by atoms with Crippen LogP contribution in [0.1, 0.15) is 99.3 Å². The van der Waals surface area contributed by atoms with Crippen molar-refractivity contribution in [1.82, 2.24) is 0 Å². The van der Waals surface area contributed by atoms with Gasteiger partial charge in [-0.05, 0) is 52.0 Å². The summed E-state index contributed by atoms with van der Waals surface area (Å²) in [6.07, 6.45) is 5.92. The monoisotopic (exact) mass is 532 g/mol. The molecular formula is C25H46B2O6S2. The van der Waals surface area contributed by atoms with Gasteiger partial charge in [0.2, 0.25) is 14.2 Å². The summed E-state index contributed by atoms with van der Waals surface area (Å²) in [5, 5.41) is 9.28. The molecule has 6 nitrogen and oxygen atoms in total. The van der Waals surface area contributed by atoms with E-state index >= 15 is 0 Å². The smallest absolute Gasteiger partial charge is 0.306 e. The van der Waals surface area contributed by atoms with Gasteiger partial charge in [0.15, 0.2) is 5.79 Å². The van der Waals surface area contributed by atoms with Crippen molar-refractivity contribution >= 4 is 43.9 Å². The third-order valence-corrected chi connectivity index (χ3v) is 8.76. The summed E-state index contributed by atoms with van der Waals surface area (Å²) in [7, 11) is 2.27. The molecule has 1 aliphatic carbocycles. The molecule has 0 aromatic rings. The highest BCUT2D eigenvalue weighted by Crippen LogP contribution is 2.50. The first-order chi connectivity index (χ1) is 17.4. The van der Waals surface area contributed by atoms with Gasteiger partial charge in [-0.3, -0.25) is 4.79 Å². The first-order valence-corrected chi connectivity index (χ1v) is 14.6. The van der Waals surface area contributed by atoms with Gasteiger partial charge < -0.3 is 22.9 Å². The molecule has 200 valence electrons. The molecule has 0 aromatic carbocycles. The minimum atomic E-state index is -0.921. The fraction of sp³-hybridized carbons (Fsp3) is 0.960. The Bertz CT molecular complexity index is 705. The summed E-state index contributed by atoms with van der Waals surface area (Å²) in [6, 6.07) is 0. The van der Waals surface area contributed by atoms with Gasteiger partial charge in [-0.15, -0.1) is 0 Å². The predicted molar refractivity (Wildman–Crippen MR) is 148 cm³/mol. The van der Waals surface area contributed by atoms with E-state index in [2.05, 4.69) is 41.5 Å². The van der Waals surface area contributed by atoms with Crippen molar-refractivity contribution in [3.63, 3.8) is 0 Å². The van der Waals surface area contributed by atoms with Crippen LogP contribution in [0.3, 0.4) is 0 Å². The number of hydrogen-bond acceptors (Lipinski definition) is 7. The molecule has 1 saturated heterocycles. The zero-order valence-corrected chi connectivity index (χ0v) is 24.1. The Hall–Kier alpha value is 0.140. The van der Waals surface area contributed by atoms with E-state index in [-0.39, 0.29) is 17.9 Å². The van der Waals surface area contributed by atoms with Gasteiger partial charge in [0, 0.05) is 18.8 Å². The summed E-state index contributed by atoms with van der Waals surface area (Å²) in [5.41, 5.74) is -0.865. The largest absolute Gasteiger partial charge is 0.481 e. The van der Waals surface area contributed by atoms with Gasteiger partial charge in [0.1, 0.15) is 0 Å². The Labute approximate surface area is 226 Å². The van der Waals surface area contributed by atoms with Crippen LogP contribution in [0, 0.1) is 23.2 Å². The van der Waals surface area contributed by atoms with Gasteiger partial charge in [0.25, 0.3) is 0 Å². The predicted octanol–water partition coefficient (Wildman–Crippen LogP) is 5.73. The third-order valence-electron chi connectivity index (χ3n) is 7.96. The zero-order valence-electron chi connectivity index (χ0n) is 24.4. The van der Waals surface area contributed by atoms with Crippen LogP contribution >= 0.6 is 23.8 Å². The van der Waals surface area contributed by atoms with E-state index in [4.69, 9.17) is 20.5 Å². The second-order valence-corrected chi connectivity index (χ2v) is 12.6. The van der Waals surface area contributed by atoms with Crippen LogP contribution < -0.4 is 0 Å². The van der Waals surface area contributed by atoms with Crippen LogP contribution in [0.4, 0.5) is 0 Å². The average molecular weight is 532 g/mol. The van der Waals surface area contributed by atoms with Crippen molar-refractivity contribution in [2.45, 2.75) is 123 Å². The molecule has 2 aliphatic rings. The van der Waals surface area contributed by atoms with Crippen LogP contribution in [0.2, 0.25) is 0 Å². The number of carbonyl (C=O) groups is 1. The quantitative estimate of drug-likeness (QED) is 0.212. The molecule has 0 aromatic heterocycles. The lowest BCUT2D eigenvalue weighted by molar-refractivity contribution is -0.343. The summed E-state index contributed by atoms with van der Waals surface area (Å²) in [5.74, 6) is -0.107. The first-order valence-electron chi connectivity index (χ1n) is 14.1. The zero-order chi connectivity index (χ0) is 27.7. The Morgan fingerprint density at radius 3 is 2.63 bits per heavy atom. The van der Waals surface area contributed by atoms with Crippen molar-refractivity contribution in [2.24, 2.45) is 23.2 Å². The molecule has 1 aliphatic heterocycles. The summed E-state index contributed by atoms with van der Waals surface area (Å²) >= 11 is 1.90. The summed E-state index contributed by atoms with van der Waals surface area (Å²) < 4.78 is 40.1. The number of carboxylic acid groups (broad SMARTS) is 1. The van der Waals surface area contributed by atoms with E-state index in [0.29, 0.717) is 50.0 Å². The molecule has 1 spiro atoms. The Kier molecular flexibility index (Phi) is 11.1. The normalized spacial score (nSPS) is 30.9. The fourth-order valence-electron chi connectivity index (χ4n) is 5.96. The van der Waals surface area contributed by atoms with Gasteiger partial charge in [0.05, 0.1) is 30.8 Å². The van der Waals surface area contributed by atoms with Crippen molar-refractivity contribution < 1.29 is 27.7 Å². The average Bonchev–Trinajstić information content (AvgIpc) is 2.79. The molecule has 2 radical (unpaired) electrons. The van der Waals surface area contributed by atoms with E-state index in [1.54, 1.807) is 0 Å². The van der Waals surface area contributed by atoms with E-state index in [1.807, 2.05) is 0 Å². The van der Waals surface area contributed by atoms with E-state index in [9.17, 15) is 9.90 Å². The Balaban J connectivity index is 2.23. The fourth-order valence-corrected chi connectivity index (χ4v) is 6.87.